The summed E-state index contributed by atoms with van der Waals surface area (Å²) < 4.78 is 15.2. The Morgan fingerprint density at radius 1 is 1.19 bits per heavy atom. The smallest absolute Gasteiger partial charge is 0.262 e. The number of para-hydroxylation sites is 1. The van der Waals surface area contributed by atoms with Crippen LogP contribution in [0, 0.1) is 17.8 Å². The number of nitrogens with one attached hydrogen (secondary N) is 1. The van der Waals surface area contributed by atoms with Crippen molar-refractivity contribution in [1.82, 2.24) is 9.78 Å². The van der Waals surface area contributed by atoms with Crippen molar-refractivity contribution in [3.05, 3.63) is 76.2 Å². The Balaban J connectivity index is 1.92. The summed E-state index contributed by atoms with van der Waals surface area (Å²) in [5.74, 6) is -1.23. The van der Waals surface area contributed by atoms with Gasteiger partial charge in [-0.15, -0.1) is 0 Å². The Kier molecular flexibility index (Phi) is 4.88. The van der Waals surface area contributed by atoms with Gasteiger partial charge in [0.25, 0.3) is 5.91 Å². The number of hydrogen-bond donors (Lipinski definition) is 1. The van der Waals surface area contributed by atoms with Crippen molar-refractivity contribution < 1.29 is 9.18 Å². The first kappa shape index (κ1) is 17.5. The second-order valence-electron chi connectivity index (χ2n) is 5.86. The molecule has 0 saturated carbocycles. The molecule has 0 atom stereocenters. The van der Waals surface area contributed by atoms with Crippen LogP contribution in [0.25, 0.3) is 11.1 Å². The third kappa shape index (κ3) is 3.37. The highest BCUT2D eigenvalue weighted by atomic mass is 19.1. The summed E-state index contributed by atoms with van der Waals surface area (Å²) in [6.07, 6.45) is 0. The van der Waals surface area contributed by atoms with Crippen LogP contribution in [-0.2, 0) is 13.6 Å². The third-order valence-electron chi connectivity index (χ3n) is 4.07. The lowest BCUT2D eigenvalue weighted by Crippen LogP contribution is -2.15. The van der Waals surface area contributed by atoms with Crippen LogP contribution >= 0.6 is 0 Å². The van der Waals surface area contributed by atoms with Crippen molar-refractivity contribution in [1.29, 1.82) is 0 Å². The van der Waals surface area contributed by atoms with Crippen LogP contribution in [0.5, 0.6) is 0 Å². The molecule has 3 rings (SSSR count). The highest BCUT2D eigenvalue weighted by molar-refractivity contribution is 6.07. The van der Waals surface area contributed by atoms with Gasteiger partial charge in [0.05, 0.1) is 5.69 Å². The monoisotopic (exact) mass is 352 g/mol. The second kappa shape index (κ2) is 7.26. The van der Waals surface area contributed by atoms with Crippen LogP contribution in [0.1, 0.15) is 21.6 Å². The number of aromatic nitrogens is 2. The van der Waals surface area contributed by atoms with E-state index in [4.69, 9.17) is 0 Å². The van der Waals surface area contributed by atoms with Crippen LogP contribution in [0.2, 0.25) is 0 Å². The highest BCUT2D eigenvalue weighted by Crippen LogP contribution is 2.29. The maximum absolute atomic E-state index is 14.1. The Bertz CT molecular complexity index is 964. The SMILES string of the molecule is Cc1nn(C)c(F)c1C(=O)Nc1ccccc1-c1ccc(CN=O)cc1. The predicted molar refractivity (Wildman–Crippen MR) is 97.2 cm³/mol. The van der Waals surface area contributed by atoms with Crippen molar-refractivity contribution in [3.8, 4) is 11.1 Å². The molecule has 3 aromatic rings. The van der Waals surface area contributed by atoms with E-state index in [9.17, 15) is 14.1 Å². The van der Waals surface area contributed by atoms with Crippen LogP contribution in [0.4, 0.5) is 10.1 Å². The van der Waals surface area contributed by atoms with E-state index in [0.717, 1.165) is 21.4 Å². The van der Waals surface area contributed by atoms with Crippen LogP contribution in [0.15, 0.2) is 53.7 Å². The molecule has 26 heavy (non-hydrogen) atoms. The Morgan fingerprint density at radius 2 is 1.88 bits per heavy atom. The minimum Gasteiger partial charge on any atom is -0.321 e. The van der Waals surface area contributed by atoms with Gasteiger partial charge in [0, 0.05) is 18.3 Å². The largest absolute Gasteiger partial charge is 0.321 e. The molecule has 1 aromatic heterocycles. The zero-order valence-electron chi connectivity index (χ0n) is 14.4. The third-order valence-corrected chi connectivity index (χ3v) is 4.07. The van der Waals surface area contributed by atoms with Gasteiger partial charge in [0.15, 0.2) is 0 Å². The minimum atomic E-state index is -0.678. The fourth-order valence-corrected chi connectivity index (χ4v) is 2.78. The molecule has 1 heterocycles. The van der Waals surface area contributed by atoms with E-state index >= 15 is 0 Å². The number of nitroso groups, excluding NO2 is 1. The molecule has 0 bridgehead atoms. The van der Waals surface area contributed by atoms with E-state index < -0.39 is 11.9 Å². The Labute approximate surface area is 149 Å². The van der Waals surface area contributed by atoms with Crippen molar-refractivity contribution >= 4 is 11.6 Å². The number of aryl methyl sites for hydroxylation is 2. The van der Waals surface area contributed by atoms with Gasteiger partial charge in [0.2, 0.25) is 5.95 Å². The summed E-state index contributed by atoms with van der Waals surface area (Å²) >= 11 is 0. The van der Waals surface area contributed by atoms with Gasteiger partial charge < -0.3 is 5.32 Å². The van der Waals surface area contributed by atoms with Gasteiger partial charge in [-0.25, -0.2) is 4.68 Å². The van der Waals surface area contributed by atoms with Crippen molar-refractivity contribution in [3.63, 3.8) is 0 Å². The number of hydrogen-bond acceptors (Lipinski definition) is 4. The Morgan fingerprint density at radius 3 is 2.50 bits per heavy atom. The quantitative estimate of drug-likeness (QED) is 0.704. The van der Waals surface area contributed by atoms with E-state index in [1.165, 1.54) is 7.05 Å². The first-order valence-corrected chi connectivity index (χ1v) is 7.99. The topological polar surface area (TPSA) is 76.3 Å². The van der Waals surface area contributed by atoms with E-state index in [-0.39, 0.29) is 12.1 Å². The molecule has 0 radical (unpaired) electrons. The maximum Gasteiger partial charge on any atom is 0.262 e. The first-order valence-electron chi connectivity index (χ1n) is 7.99. The molecule has 2 aromatic carbocycles. The highest BCUT2D eigenvalue weighted by Gasteiger charge is 2.21. The zero-order valence-corrected chi connectivity index (χ0v) is 14.4. The standard InChI is InChI=1S/C19H17FN4O2/c1-12-17(18(20)24(2)23-12)19(25)22-16-6-4-3-5-15(16)14-9-7-13(8-10-14)11-21-26/h3-10H,11H2,1-2H3,(H,22,25). The molecule has 0 spiro atoms. The second-order valence-corrected chi connectivity index (χ2v) is 5.86. The summed E-state index contributed by atoms with van der Waals surface area (Å²) in [4.78, 5) is 22.9. The molecule has 0 unspecified atom stereocenters. The lowest BCUT2D eigenvalue weighted by atomic mass is 10.0. The molecule has 132 valence electrons. The molecule has 6 nitrogen and oxygen atoms in total. The molecule has 1 N–H and O–H groups in total. The molecule has 0 aliphatic heterocycles. The number of carbonyl (C=O) groups excluding carboxylic acids is 1. The summed E-state index contributed by atoms with van der Waals surface area (Å²) in [5, 5.41) is 9.55. The summed E-state index contributed by atoms with van der Waals surface area (Å²) in [6.45, 7) is 1.70. The van der Waals surface area contributed by atoms with Crippen LogP contribution < -0.4 is 5.32 Å². The van der Waals surface area contributed by atoms with Crippen molar-refractivity contribution in [2.75, 3.05) is 5.32 Å². The number of carbonyl (C=O) groups is 1. The number of amides is 1. The average molecular weight is 352 g/mol. The molecule has 0 aliphatic carbocycles. The van der Waals surface area contributed by atoms with Crippen LogP contribution in [-0.4, -0.2) is 15.7 Å². The van der Waals surface area contributed by atoms with E-state index in [0.29, 0.717) is 11.4 Å². The van der Waals surface area contributed by atoms with Gasteiger partial charge in [0.1, 0.15) is 12.1 Å². The number of halogens is 1. The average Bonchev–Trinajstić information content (AvgIpc) is 2.88. The molecular formula is C19H17FN4O2. The minimum absolute atomic E-state index is 0.0743. The van der Waals surface area contributed by atoms with Crippen molar-refractivity contribution in [2.45, 2.75) is 13.5 Å². The molecule has 7 heteroatoms. The van der Waals surface area contributed by atoms with Gasteiger partial charge in [-0.05, 0) is 24.1 Å². The zero-order chi connectivity index (χ0) is 18.7. The van der Waals surface area contributed by atoms with Crippen LogP contribution in [0.3, 0.4) is 0 Å². The van der Waals surface area contributed by atoms with Gasteiger partial charge in [-0.1, -0.05) is 47.6 Å². The summed E-state index contributed by atoms with van der Waals surface area (Å²) in [7, 11) is 1.45. The molecular weight excluding hydrogens is 335 g/mol. The normalized spacial score (nSPS) is 10.6. The van der Waals surface area contributed by atoms with E-state index in [1.807, 2.05) is 24.3 Å². The fourth-order valence-electron chi connectivity index (χ4n) is 2.78. The number of benzene rings is 2. The summed E-state index contributed by atoms with van der Waals surface area (Å²) in [5.41, 5.74) is 3.26. The molecule has 1 amide bonds. The fraction of sp³-hybridized carbons (Fsp3) is 0.158. The maximum atomic E-state index is 14.1. The molecule has 0 fully saturated rings. The summed E-state index contributed by atoms with van der Waals surface area (Å²) in [6, 6.07) is 14.5. The molecule has 0 aliphatic rings. The number of anilines is 1. The van der Waals surface area contributed by atoms with E-state index in [1.54, 1.807) is 31.2 Å². The van der Waals surface area contributed by atoms with Crippen molar-refractivity contribution in [2.24, 2.45) is 12.2 Å². The molecule has 0 saturated heterocycles. The number of rotatable bonds is 5. The lowest BCUT2D eigenvalue weighted by Gasteiger charge is -2.11. The van der Waals surface area contributed by atoms with E-state index in [2.05, 4.69) is 15.6 Å². The van der Waals surface area contributed by atoms with Gasteiger partial charge in [-0.3, -0.25) is 4.79 Å². The predicted octanol–water partition coefficient (Wildman–Crippen LogP) is 4.05. The van der Waals surface area contributed by atoms with Gasteiger partial charge in [-0.2, -0.15) is 14.4 Å². The lowest BCUT2D eigenvalue weighted by molar-refractivity contribution is 0.102. The first-order chi connectivity index (χ1) is 12.5. The van der Waals surface area contributed by atoms with Gasteiger partial charge >= 0.3 is 0 Å². The Hall–Kier alpha value is -3.35. The number of nitrogens with zero attached hydrogens (tertiary/aromatic N) is 3.